The topological polar surface area (TPSA) is 56.7 Å². The molecule has 0 aliphatic heterocycles. The summed E-state index contributed by atoms with van der Waals surface area (Å²) in [7, 11) is 0. The van der Waals surface area contributed by atoms with Crippen LogP contribution in [0.4, 0.5) is 4.39 Å². The van der Waals surface area contributed by atoms with Crippen LogP contribution < -0.4 is 0 Å². The Morgan fingerprint density at radius 3 is 2.23 bits per heavy atom. The number of nitrogens with zero attached hydrogens (tertiary/aromatic N) is 4. The first-order valence-electron chi connectivity index (χ1n) is 19.9. The molecule has 4 heterocycles. The van der Waals surface area contributed by atoms with Crippen LogP contribution in [0.15, 0.2) is 95.5 Å². The van der Waals surface area contributed by atoms with Gasteiger partial charge in [-0.25, -0.2) is 0 Å². The molecule has 0 bridgehead atoms. The largest absolute Gasteiger partial charge is 0.501 e. The predicted octanol–water partition coefficient (Wildman–Crippen LogP) is 12.0. The van der Waals surface area contributed by atoms with Crippen LogP contribution in [0.2, 0.25) is 0 Å². The Bertz CT molecular complexity index is 2740. The summed E-state index contributed by atoms with van der Waals surface area (Å²) in [4.78, 5) is 13.9. The van der Waals surface area contributed by atoms with Crippen molar-refractivity contribution < 1.29 is 37.1 Å². The van der Waals surface area contributed by atoms with Gasteiger partial charge in [-0.2, -0.15) is 0 Å². The second-order valence-electron chi connectivity index (χ2n) is 13.3. The average molecular weight is 871 g/mol. The molecule has 0 atom stereocenters. The summed E-state index contributed by atoms with van der Waals surface area (Å²) < 4.78 is 66.1. The van der Waals surface area contributed by atoms with Crippen molar-refractivity contribution in [2.24, 2.45) is 0 Å². The summed E-state index contributed by atoms with van der Waals surface area (Å²) in [6.07, 6.45) is 1.15. The number of para-hydroxylation sites is 2. The number of halogens is 1. The molecule has 0 aliphatic carbocycles. The third kappa shape index (κ3) is 6.83. The van der Waals surface area contributed by atoms with E-state index in [1.807, 2.05) is 32.0 Å². The number of hydrogen-bond acceptors (Lipinski definition) is 4. The standard InChI is InChI=1S/C32H30N3O.C13H11FN.Ir/c1-18(2)22-12-9-13-23(19(3)4)30(22)35-27-17-20(5)33-21(6)29(27)34-32(35)26-15-10-14-25-24-11-7-8-16-28(24)36-31(25)26;1-9-3-5-11(12(14)7-9)13-6-4-10(2)8-15-13;/h7-14,16-19H,1-6H3;3-4,6-8H,1-2H3;/q2*-1;/i;1D3,2D3;. The van der Waals surface area contributed by atoms with E-state index >= 15 is 0 Å². The van der Waals surface area contributed by atoms with Gasteiger partial charge in [-0.15, -0.1) is 42.0 Å². The van der Waals surface area contributed by atoms with E-state index in [2.05, 4.69) is 91.8 Å². The molecule has 0 N–H and O–H groups in total. The molecule has 52 heavy (non-hydrogen) atoms. The van der Waals surface area contributed by atoms with Gasteiger partial charge in [0.2, 0.25) is 0 Å². The Morgan fingerprint density at radius 2 is 1.56 bits per heavy atom. The summed E-state index contributed by atoms with van der Waals surface area (Å²) in [5.74, 6) is 0.760. The average Bonchev–Trinajstić information content (AvgIpc) is 3.73. The van der Waals surface area contributed by atoms with Gasteiger partial charge < -0.3 is 14.0 Å². The second-order valence-corrected chi connectivity index (χ2v) is 13.3. The SMILES string of the molecule is Cc1cc2c(nc(-c3[c-]ccc4c3oc3ccccc34)n2-c2c(C(C)C)cccc2C(C)C)c(C)n1.[2H]C([2H])([2H])c1ccc(-c2[c-]cc(C([2H])([2H])[2H])cc2F)nc1.[Ir]. The molecule has 7 heteroatoms. The molecule has 0 amide bonds. The van der Waals surface area contributed by atoms with Gasteiger partial charge in [0.05, 0.1) is 28.1 Å². The van der Waals surface area contributed by atoms with Crippen LogP contribution in [0.5, 0.6) is 0 Å². The van der Waals surface area contributed by atoms with E-state index in [9.17, 15) is 4.39 Å². The maximum absolute atomic E-state index is 14.0. The Hall–Kier alpha value is -4.97. The zero-order valence-corrected chi connectivity index (χ0v) is 32.1. The van der Waals surface area contributed by atoms with Crippen molar-refractivity contribution in [3.63, 3.8) is 0 Å². The van der Waals surface area contributed by atoms with Crippen LogP contribution >= 0.6 is 0 Å². The molecule has 1 radical (unpaired) electrons. The van der Waals surface area contributed by atoms with E-state index in [1.165, 1.54) is 35.0 Å². The van der Waals surface area contributed by atoms with Crippen LogP contribution in [0.1, 0.15) is 81.4 Å². The number of fused-ring (bicyclic) bond motifs is 4. The molecule has 0 fully saturated rings. The van der Waals surface area contributed by atoms with E-state index in [0.717, 1.165) is 68.0 Å². The van der Waals surface area contributed by atoms with E-state index in [1.54, 1.807) is 0 Å². The molecular formula is C45H41FIrN4O-2. The van der Waals surface area contributed by atoms with Crippen LogP contribution in [0, 0.1) is 45.5 Å². The molecule has 8 rings (SSSR count). The van der Waals surface area contributed by atoms with Gasteiger partial charge in [-0.3, -0.25) is 14.4 Å². The van der Waals surface area contributed by atoms with Gasteiger partial charge in [-0.1, -0.05) is 99.6 Å². The first-order chi connectivity index (χ1) is 26.9. The Kier molecular flexibility index (Phi) is 8.50. The number of rotatable bonds is 5. The van der Waals surface area contributed by atoms with Crippen molar-refractivity contribution in [1.82, 2.24) is 19.5 Å². The molecule has 4 aromatic carbocycles. The minimum atomic E-state index is -2.41. The summed E-state index contributed by atoms with van der Waals surface area (Å²) >= 11 is 0. The van der Waals surface area contributed by atoms with Gasteiger partial charge in [0, 0.05) is 57.1 Å². The summed E-state index contributed by atoms with van der Waals surface area (Å²) in [5.41, 5.74) is 10.3. The molecule has 0 unspecified atom stereocenters. The van der Waals surface area contributed by atoms with Gasteiger partial charge in [0.1, 0.15) is 5.58 Å². The zero-order valence-electron chi connectivity index (χ0n) is 35.7. The molecule has 265 valence electrons. The minimum absolute atomic E-state index is 0. The molecule has 0 aliphatic rings. The van der Waals surface area contributed by atoms with E-state index in [-0.39, 0.29) is 42.5 Å². The molecule has 4 aromatic heterocycles. The third-order valence-electron chi connectivity index (χ3n) is 8.99. The van der Waals surface area contributed by atoms with Crippen molar-refractivity contribution in [2.75, 3.05) is 0 Å². The Labute approximate surface area is 326 Å². The maximum atomic E-state index is 14.0. The number of furan rings is 1. The van der Waals surface area contributed by atoms with E-state index in [0.29, 0.717) is 11.8 Å². The number of aryl methyl sites for hydroxylation is 4. The van der Waals surface area contributed by atoms with Crippen LogP contribution in [0.3, 0.4) is 0 Å². The zero-order chi connectivity index (χ0) is 41.0. The first-order valence-corrected chi connectivity index (χ1v) is 16.9. The fourth-order valence-corrected chi connectivity index (χ4v) is 6.61. The predicted molar refractivity (Wildman–Crippen MR) is 206 cm³/mol. The third-order valence-corrected chi connectivity index (χ3v) is 8.99. The van der Waals surface area contributed by atoms with Crippen molar-refractivity contribution >= 4 is 33.0 Å². The van der Waals surface area contributed by atoms with Crippen LogP contribution in [-0.2, 0) is 20.1 Å². The van der Waals surface area contributed by atoms with Gasteiger partial charge >= 0.3 is 0 Å². The summed E-state index contributed by atoms with van der Waals surface area (Å²) in [6, 6.07) is 31.9. The van der Waals surface area contributed by atoms with Crippen molar-refractivity contribution in [3.05, 3.63) is 143 Å². The molecule has 0 saturated carbocycles. The molecule has 0 saturated heterocycles. The number of hydrogen-bond donors (Lipinski definition) is 0. The minimum Gasteiger partial charge on any atom is -0.501 e. The Morgan fingerprint density at radius 1 is 0.808 bits per heavy atom. The summed E-state index contributed by atoms with van der Waals surface area (Å²) in [6.45, 7) is 8.43. The number of pyridine rings is 2. The maximum Gasteiger partial charge on any atom is 0.120 e. The van der Waals surface area contributed by atoms with E-state index in [4.69, 9.17) is 22.6 Å². The fourth-order valence-electron chi connectivity index (χ4n) is 6.61. The van der Waals surface area contributed by atoms with Crippen molar-refractivity contribution in [1.29, 1.82) is 0 Å². The smallest absolute Gasteiger partial charge is 0.120 e. The van der Waals surface area contributed by atoms with Crippen LogP contribution in [0.25, 0.3) is 61.3 Å². The summed E-state index contributed by atoms with van der Waals surface area (Å²) in [5, 5.41) is 2.18. The van der Waals surface area contributed by atoms with Crippen LogP contribution in [-0.4, -0.2) is 19.5 Å². The number of imidazole rings is 1. The quantitative estimate of drug-likeness (QED) is 0.162. The number of benzene rings is 4. The van der Waals surface area contributed by atoms with E-state index < -0.39 is 19.5 Å². The second kappa shape index (κ2) is 14.9. The molecule has 5 nitrogen and oxygen atoms in total. The number of aromatic nitrogens is 4. The van der Waals surface area contributed by atoms with Gasteiger partial charge in [-0.05, 0) is 67.1 Å². The van der Waals surface area contributed by atoms with Gasteiger partial charge in [0.15, 0.2) is 0 Å². The fraction of sp³-hybridized carbons (Fsp3) is 0.222. The molecule has 0 spiro atoms. The Balaban J connectivity index is 0.000000221. The normalized spacial score (nSPS) is 13.6. The van der Waals surface area contributed by atoms with Gasteiger partial charge in [0.25, 0.3) is 0 Å². The monoisotopic (exact) mass is 871 g/mol. The first kappa shape index (κ1) is 29.6. The molecular weight excluding hydrogens is 824 g/mol. The molecule has 8 aromatic rings. The van der Waals surface area contributed by atoms with Crippen molar-refractivity contribution in [3.8, 4) is 28.3 Å². The van der Waals surface area contributed by atoms with Crippen molar-refractivity contribution in [2.45, 2.75) is 67.1 Å².